The van der Waals surface area contributed by atoms with Crippen LogP contribution in [0.2, 0.25) is 0 Å². The Balaban J connectivity index is 3.68. The highest BCUT2D eigenvalue weighted by Gasteiger charge is 1.94. The van der Waals surface area contributed by atoms with Crippen molar-refractivity contribution in [2.75, 3.05) is 0 Å². The Morgan fingerprint density at radius 1 is 1.44 bits per heavy atom. The third kappa shape index (κ3) is 4.73. The van der Waals surface area contributed by atoms with Gasteiger partial charge in [-0.3, -0.25) is 0 Å². The molecule has 52 valence electrons. The van der Waals surface area contributed by atoms with Crippen molar-refractivity contribution in [1.29, 1.82) is 0 Å². The Labute approximate surface area is 71.2 Å². The Kier molecular flexibility index (Phi) is 6.55. The van der Waals surface area contributed by atoms with E-state index in [2.05, 4.69) is 48.2 Å². The molecule has 0 unspecified atom stereocenters. The molecular weight excluding hydrogens is 223 g/mol. The first-order chi connectivity index (χ1) is 4.35. The molecule has 0 aromatic carbocycles. The van der Waals surface area contributed by atoms with Gasteiger partial charge in [-0.1, -0.05) is 13.8 Å². The van der Waals surface area contributed by atoms with Gasteiger partial charge >= 0.3 is 0 Å². The third-order valence-electron chi connectivity index (χ3n) is 1.44. The summed E-state index contributed by atoms with van der Waals surface area (Å²) in [5, 5.41) is 0. The zero-order valence-corrected chi connectivity index (χ0v) is 8.18. The molecule has 0 saturated heterocycles. The number of allylic oxidation sites excluding steroid dienone is 1. The molecule has 0 aliphatic heterocycles. The zero-order chi connectivity index (χ0) is 7.11. The fourth-order valence-corrected chi connectivity index (χ4v) is 0.904. The lowest BCUT2D eigenvalue weighted by Gasteiger charge is -2.01. The molecule has 0 fully saturated rings. The molecule has 0 nitrogen and oxygen atoms in total. The SMILES string of the molecule is CCC(C=C=CI)CC. The van der Waals surface area contributed by atoms with Crippen molar-refractivity contribution in [2.24, 2.45) is 5.92 Å². The number of hydrogen-bond acceptors (Lipinski definition) is 0. The van der Waals surface area contributed by atoms with Gasteiger partial charge in [-0.25, -0.2) is 0 Å². The summed E-state index contributed by atoms with van der Waals surface area (Å²) >= 11 is 2.19. The van der Waals surface area contributed by atoms with E-state index in [4.69, 9.17) is 0 Å². The Bertz CT molecular complexity index is 106. The highest BCUT2D eigenvalue weighted by molar-refractivity contribution is 14.1. The van der Waals surface area contributed by atoms with Crippen LogP contribution in [-0.4, -0.2) is 0 Å². The van der Waals surface area contributed by atoms with E-state index in [1.54, 1.807) is 0 Å². The molecule has 9 heavy (non-hydrogen) atoms. The van der Waals surface area contributed by atoms with Crippen molar-refractivity contribution in [3.63, 3.8) is 0 Å². The molecule has 0 heterocycles. The van der Waals surface area contributed by atoms with Crippen LogP contribution in [0.25, 0.3) is 0 Å². The second kappa shape index (κ2) is 6.37. The zero-order valence-electron chi connectivity index (χ0n) is 6.02. The van der Waals surface area contributed by atoms with E-state index in [0.29, 0.717) is 0 Å². The average Bonchev–Trinajstić information content (AvgIpc) is 1.91. The van der Waals surface area contributed by atoms with Crippen LogP contribution < -0.4 is 0 Å². The average molecular weight is 236 g/mol. The smallest absolute Gasteiger partial charge is 0.0183 e. The molecule has 0 rings (SSSR count). The minimum atomic E-state index is 0.732. The molecule has 0 aromatic heterocycles. The van der Waals surface area contributed by atoms with Gasteiger partial charge in [0.2, 0.25) is 0 Å². The maximum absolute atomic E-state index is 3.09. The molecule has 0 spiro atoms. The summed E-state index contributed by atoms with van der Waals surface area (Å²) in [6.07, 6.45) is 4.61. The van der Waals surface area contributed by atoms with E-state index in [-0.39, 0.29) is 0 Å². The lowest BCUT2D eigenvalue weighted by molar-refractivity contribution is 0.607. The monoisotopic (exact) mass is 236 g/mol. The van der Waals surface area contributed by atoms with E-state index in [1.807, 2.05) is 4.08 Å². The minimum Gasteiger partial charge on any atom is -0.118 e. The molecule has 0 bridgehead atoms. The van der Waals surface area contributed by atoms with Crippen LogP contribution >= 0.6 is 22.6 Å². The van der Waals surface area contributed by atoms with Crippen LogP contribution in [0.3, 0.4) is 0 Å². The van der Waals surface area contributed by atoms with Gasteiger partial charge in [0.05, 0.1) is 0 Å². The summed E-state index contributed by atoms with van der Waals surface area (Å²) in [5.41, 5.74) is 3.09. The Hall–Kier alpha value is 0.250. The fourth-order valence-electron chi connectivity index (χ4n) is 0.697. The summed E-state index contributed by atoms with van der Waals surface area (Å²) in [7, 11) is 0. The highest BCUT2D eigenvalue weighted by atomic mass is 127. The largest absolute Gasteiger partial charge is 0.118 e. The quantitative estimate of drug-likeness (QED) is 0.519. The first kappa shape index (κ1) is 9.25. The molecule has 0 aliphatic carbocycles. The predicted molar refractivity (Wildman–Crippen MR) is 50.7 cm³/mol. The molecule has 0 radical (unpaired) electrons. The maximum atomic E-state index is 3.09. The van der Waals surface area contributed by atoms with Crippen LogP contribution in [0, 0.1) is 5.92 Å². The van der Waals surface area contributed by atoms with Gasteiger partial charge in [-0.05, 0) is 47.4 Å². The minimum absolute atomic E-state index is 0.732. The molecule has 0 saturated carbocycles. The summed E-state index contributed by atoms with van der Waals surface area (Å²) in [4.78, 5) is 0. The molecular formula is C8H13I. The Morgan fingerprint density at radius 3 is 2.33 bits per heavy atom. The second-order valence-corrected chi connectivity index (χ2v) is 2.64. The molecule has 0 N–H and O–H groups in total. The van der Waals surface area contributed by atoms with E-state index in [9.17, 15) is 0 Å². The lowest BCUT2D eigenvalue weighted by atomic mass is 10.0. The first-order valence-corrected chi connectivity index (χ1v) is 4.61. The van der Waals surface area contributed by atoms with Crippen molar-refractivity contribution in [2.45, 2.75) is 26.7 Å². The van der Waals surface area contributed by atoms with Crippen molar-refractivity contribution in [3.05, 3.63) is 15.9 Å². The van der Waals surface area contributed by atoms with E-state index >= 15 is 0 Å². The van der Waals surface area contributed by atoms with Gasteiger partial charge in [-0.2, -0.15) is 0 Å². The van der Waals surface area contributed by atoms with Gasteiger partial charge in [0, 0.05) is 4.08 Å². The van der Waals surface area contributed by atoms with Crippen molar-refractivity contribution >= 4 is 22.6 Å². The molecule has 0 aliphatic rings. The summed E-state index contributed by atoms with van der Waals surface area (Å²) < 4.78 is 1.93. The van der Waals surface area contributed by atoms with E-state index in [1.165, 1.54) is 12.8 Å². The first-order valence-electron chi connectivity index (χ1n) is 3.36. The van der Waals surface area contributed by atoms with Crippen LogP contribution in [0.5, 0.6) is 0 Å². The van der Waals surface area contributed by atoms with Gasteiger partial charge in [0.25, 0.3) is 0 Å². The van der Waals surface area contributed by atoms with Gasteiger partial charge in [-0.15, -0.1) is 5.73 Å². The van der Waals surface area contributed by atoms with Crippen molar-refractivity contribution in [1.82, 2.24) is 0 Å². The number of hydrogen-bond donors (Lipinski definition) is 0. The summed E-state index contributed by atoms with van der Waals surface area (Å²) in [6, 6.07) is 0. The second-order valence-electron chi connectivity index (χ2n) is 2.02. The number of rotatable bonds is 3. The predicted octanol–water partition coefficient (Wildman–Crippen LogP) is 3.53. The maximum Gasteiger partial charge on any atom is 0.0183 e. The standard InChI is InChI=1S/C8H13I/c1-3-8(4-2)6-5-7-9/h6-8H,3-4H2,1-2H3. The van der Waals surface area contributed by atoms with E-state index in [0.717, 1.165) is 5.92 Å². The van der Waals surface area contributed by atoms with Gasteiger partial charge in [0.1, 0.15) is 0 Å². The lowest BCUT2D eigenvalue weighted by Crippen LogP contribution is -1.88. The van der Waals surface area contributed by atoms with Gasteiger partial charge < -0.3 is 0 Å². The highest BCUT2D eigenvalue weighted by Crippen LogP contribution is 2.07. The van der Waals surface area contributed by atoms with E-state index < -0.39 is 0 Å². The number of halogens is 1. The van der Waals surface area contributed by atoms with Crippen molar-refractivity contribution in [3.8, 4) is 0 Å². The van der Waals surface area contributed by atoms with Crippen molar-refractivity contribution < 1.29 is 0 Å². The van der Waals surface area contributed by atoms with Crippen LogP contribution in [0.4, 0.5) is 0 Å². The normalized spacial score (nSPS) is 8.89. The van der Waals surface area contributed by atoms with Crippen LogP contribution in [0.1, 0.15) is 26.7 Å². The van der Waals surface area contributed by atoms with Crippen LogP contribution in [-0.2, 0) is 0 Å². The summed E-state index contributed by atoms with van der Waals surface area (Å²) in [5.74, 6) is 0.732. The molecule has 0 atom stereocenters. The fraction of sp³-hybridized carbons (Fsp3) is 0.625. The topological polar surface area (TPSA) is 0 Å². The Morgan fingerprint density at radius 2 is 2.00 bits per heavy atom. The molecule has 0 aromatic rings. The third-order valence-corrected chi connectivity index (χ3v) is 1.80. The van der Waals surface area contributed by atoms with Crippen LogP contribution in [0.15, 0.2) is 15.9 Å². The molecule has 0 amide bonds. The summed E-state index contributed by atoms with van der Waals surface area (Å²) in [6.45, 7) is 4.42. The van der Waals surface area contributed by atoms with Gasteiger partial charge in [0.15, 0.2) is 0 Å². The molecule has 1 heteroatoms.